The Morgan fingerprint density at radius 2 is 1.64 bits per heavy atom. The van der Waals surface area contributed by atoms with Gasteiger partial charge < -0.3 is 15.0 Å². The van der Waals surface area contributed by atoms with Crippen molar-refractivity contribution >= 4 is 40.9 Å². The molecule has 2 atom stereocenters. The molecule has 0 aliphatic heterocycles. The number of anilines is 1. The highest BCUT2D eigenvalue weighted by Gasteiger charge is 2.34. The van der Waals surface area contributed by atoms with Gasteiger partial charge in [-0.2, -0.15) is 0 Å². The summed E-state index contributed by atoms with van der Waals surface area (Å²) in [4.78, 5) is 27.4. The van der Waals surface area contributed by atoms with Crippen molar-refractivity contribution in [3.05, 3.63) is 99.0 Å². The number of amides is 2. The molecule has 4 rings (SSSR count). The van der Waals surface area contributed by atoms with Gasteiger partial charge in [0, 0.05) is 24.2 Å². The molecule has 3 aromatic rings. The molecule has 0 heterocycles. The molecule has 0 spiro atoms. The molecule has 188 valence electrons. The number of benzene rings is 3. The SMILES string of the molecule is CN(C(=O)OC(C)(C)C)[C@H]1CC[C@@H](c2ccc(Cl)c(Cl)c2)c2ccc(NC(=O)c3ccccc3)cc21. The van der Waals surface area contributed by atoms with E-state index in [1.807, 2.05) is 75.4 Å². The van der Waals surface area contributed by atoms with E-state index in [0.29, 0.717) is 21.3 Å². The lowest BCUT2D eigenvalue weighted by atomic mass is 9.76. The zero-order valence-electron chi connectivity index (χ0n) is 20.8. The Morgan fingerprint density at radius 1 is 0.917 bits per heavy atom. The van der Waals surface area contributed by atoms with Gasteiger partial charge >= 0.3 is 6.09 Å². The average molecular weight is 525 g/mol. The monoisotopic (exact) mass is 524 g/mol. The third-order valence-electron chi connectivity index (χ3n) is 6.34. The number of fused-ring (bicyclic) bond motifs is 1. The first-order valence-electron chi connectivity index (χ1n) is 11.9. The predicted octanol–water partition coefficient (Wildman–Crippen LogP) is 8.08. The number of carbonyl (C=O) groups excluding carboxylic acids is 2. The van der Waals surface area contributed by atoms with E-state index in [-0.39, 0.29) is 24.0 Å². The summed E-state index contributed by atoms with van der Waals surface area (Å²) in [6.45, 7) is 5.56. The summed E-state index contributed by atoms with van der Waals surface area (Å²) in [5.41, 5.74) is 3.75. The van der Waals surface area contributed by atoms with Gasteiger partial charge in [-0.3, -0.25) is 4.79 Å². The van der Waals surface area contributed by atoms with Gasteiger partial charge in [-0.25, -0.2) is 4.79 Å². The van der Waals surface area contributed by atoms with Crippen LogP contribution in [-0.2, 0) is 4.74 Å². The number of nitrogens with zero attached hydrogens (tertiary/aromatic N) is 1. The first-order valence-corrected chi connectivity index (χ1v) is 12.7. The Balaban J connectivity index is 1.71. The van der Waals surface area contributed by atoms with E-state index in [1.165, 1.54) is 0 Å². The second-order valence-electron chi connectivity index (χ2n) is 10.1. The van der Waals surface area contributed by atoms with Crippen LogP contribution >= 0.6 is 23.2 Å². The number of halogens is 2. The van der Waals surface area contributed by atoms with Crippen molar-refractivity contribution in [2.24, 2.45) is 0 Å². The molecule has 0 aromatic heterocycles. The van der Waals surface area contributed by atoms with Crippen LogP contribution in [0.25, 0.3) is 0 Å². The maximum atomic E-state index is 13.0. The molecule has 5 nitrogen and oxygen atoms in total. The van der Waals surface area contributed by atoms with Crippen LogP contribution in [0.15, 0.2) is 66.7 Å². The summed E-state index contributed by atoms with van der Waals surface area (Å²) in [6.07, 6.45) is 1.16. The molecular weight excluding hydrogens is 495 g/mol. The maximum absolute atomic E-state index is 13.0. The second-order valence-corrected chi connectivity index (χ2v) is 10.9. The molecule has 0 fully saturated rings. The second kappa shape index (κ2) is 10.5. The largest absolute Gasteiger partial charge is 0.444 e. The lowest BCUT2D eigenvalue weighted by Gasteiger charge is -2.38. The third kappa shape index (κ3) is 5.85. The number of carbonyl (C=O) groups is 2. The lowest BCUT2D eigenvalue weighted by molar-refractivity contribution is 0.0202. The molecule has 3 aromatic carbocycles. The van der Waals surface area contributed by atoms with Crippen molar-refractivity contribution in [1.29, 1.82) is 0 Å². The van der Waals surface area contributed by atoms with E-state index < -0.39 is 5.60 Å². The summed E-state index contributed by atoms with van der Waals surface area (Å²) < 4.78 is 5.65. The molecule has 0 unspecified atom stereocenters. The fourth-order valence-corrected chi connectivity index (χ4v) is 4.93. The van der Waals surface area contributed by atoms with Crippen LogP contribution in [0.2, 0.25) is 10.0 Å². The van der Waals surface area contributed by atoms with Gasteiger partial charge in [-0.05, 0) is 86.7 Å². The van der Waals surface area contributed by atoms with Crippen LogP contribution in [0, 0.1) is 0 Å². The number of ether oxygens (including phenoxy) is 1. The average Bonchev–Trinajstić information content (AvgIpc) is 2.84. The summed E-state index contributed by atoms with van der Waals surface area (Å²) in [5, 5.41) is 4.02. The van der Waals surface area contributed by atoms with Gasteiger partial charge in [-0.1, -0.05) is 53.5 Å². The van der Waals surface area contributed by atoms with E-state index in [1.54, 1.807) is 24.1 Å². The van der Waals surface area contributed by atoms with E-state index in [4.69, 9.17) is 27.9 Å². The number of hydrogen-bond acceptors (Lipinski definition) is 3. The fraction of sp³-hybridized carbons (Fsp3) is 0.310. The van der Waals surface area contributed by atoms with Gasteiger partial charge in [-0.15, -0.1) is 0 Å². The summed E-state index contributed by atoms with van der Waals surface area (Å²) in [5.74, 6) is -0.110. The Bertz CT molecular complexity index is 1270. The molecule has 1 N–H and O–H groups in total. The molecule has 0 radical (unpaired) electrons. The lowest BCUT2D eigenvalue weighted by Crippen LogP contribution is -2.38. The molecule has 2 amide bonds. The van der Waals surface area contributed by atoms with Gasteiger partial charge in [0.05, 0.1) is 16.1 Å². The van der Waals surface area contributed by atoms with Crippen LogP contribution in [0.3, 0.4) is 0 Å². The Morgan fingerprint density at radius 3 is 2.31 bits per heavy atom. The van der Waals surface area contributed by atoms with Crippen molar-refractivity contribution < 1.29 is 14.3 Å². The van der Waals surface area contributed by atoms with E-state index in [9.17, 15) is 9.59 Å². The molecule has 0 saturated carbocycles. The van der Waals surface area contributed by atoms with Crippen LogP contribution < -0.4 is 5.32 Å². The molecule has 7 heteroatoms. The van der Waals surface area contributed by atoms with Crippen molar-refractivity contribution in [1.82, 2.24) is 4.90 Å². The van der Waals surface area contributed by atoms with Gasteiger partial charge in [0.25, 0.3) is 5.91 Å². The third-order valence-corrected chi connectivity index (χ3v) is 7.08. The van der Waals surface area contributed by atoms with Crippen molar-refractivity contribution in [2.45, 2.75) is 51.2 Å². The van der Waals surface area contributed by atoms with Crippen molar-refractivity contribution in [3.63, 3.8) is 0 Å². The highest BCUT2D eigenvalue weighted by atomic mass is 35.5. The smallest absolute Gasteiger partial charge is 0.410 e. The summed E-state index contributed by atoms with van der Waals surface area (Å²) in [7, 11) is 1.76. The van der Waals surface area contributed by atoms with Gasteiger partial charge in [0.15, 0.2) is 0 Å². The normalized spacial score (nSPS) is 17.2. The topological polar surface area (TPSA) is 58.6 Å². The number of rotatable bonds is 4. The van der Waals surface area contributed by atoms with Crippen LogP contribution in [-0.4, -0.2) is 29.5 Å². The summed E-state index contributed by atoms with van der Waals surface area (Å²) in [6, 6.07) is 20.5. The Labute approximate surface area is 222 Å². The van der Waals surface area contributed by atoms with Crippen molar-refractivity contribution in [3.8, 4) is 0 Å². The minimum Gasteiger partial charge on any atom is -0.444 e. The Hall–Kier alpha value is -3.02. The van der Waals surface area contributed by atoms with Gasteiger partial charge in [0.1, 0.15) is 5.60 Å². The molecule has 0 bridgehead atoms. The molecular formula is C29H30Cl2N2O3. The van der Waals surface area contributed by atoms with Crippen LogP contribution in [0.4, 0.5) is 10.5 Å². The molecule has 1 aliphatic carbocycles. The quantitative estimate of drug-likeness (QED) is 0.375. The minimum absolute atomic E-state index is 0.0805. The highest BCUT2D eigenvalue weighted by molar-refractivity contribution is 6.42. The Kier molecular flexibility index (Phi) is 7.62. The first kappa shape index (κ1) is 26.1. The van der Waals surface area contributed by atoms with E-state index >= 15 is 0 Å². The van der Waals surface area contributed by atoms with Crippen molar-refractivity contribution in [2.75, 3.05) is 12.4 Å². The van der Waals surface area contributed by atoms with Crippen LogP contribution in [0.1, 0.15) is 72.6 Å². The molecule has 36 heavy (non-hydrogen) atoms. The van der Waals surface area contributed by atoms with Gasteiger partial charge in [0.2, 0.25) is 0 Å². The summed E-state index contributed by atoms with van der Waals surface area (Å²) >= 11 is 12.5. The fourth-order valence-electron chi connectivity index (χ4n) is 4.63. The first-order chi connectivity index (χ1) is 17.0. The number of nitrogens with one attached hydrogen (secondary N) is 1. The van der Waals surface area contributed by atoms with E-state index in [2.05, 4.69) is 5.32 Å². The minimum atomic E-state index is -0.600. The molecule has 1 aliphatic rings. The zero-order valence-corrected chi connectivity index (χ0v) is 22.4. The van der Waals surface area contributed by atoms with E-state index in [0.717, 1.165) is 29.5 Å². The van der Waals surface area contributed by atoms with Crippen LogP contribution in [0.5, 0.6) is 0 Å². The molecule has 0 saturated heterocycles. The number of hydrogen-bond donors (Lipinski definition) is 1. The maximum Gasteiger partial charge on any atom is 0.410 e. The highest BCUT2D eigenvalue weighted by Crippen LogP contribution is 2.45. The predicted molar refractivity (Wildman–Crippen MR) is 145 cm³/mol. The zero-order chi connectivity index (χ0) is 26.0. The standard InChI is InChI=1S/C29H30Cl2N2O3/c1-29(2,3)36-28(35)33(4)26-15-13-21(19-10-14-24(30)25(31)16-19)22-12-11-20(17-23(22)26)32-27(34)18-8-6-5-7-9-18/h5-12,14,16-17,21,26H,13,15H2,1-4H3,(H,32,34)/t21-,26-/m0/s1.